The fourth-order valence-electron chi connectivity index (χ4n) is 1.70. The van der Waals surface area contributed by atoms with E-state index in [2.05, 4.69) is 6.92 Å². The second-order valence-electron chi connectivity index (χ2n) is 3.65. The summed E-state index contributed by atoms with van der Waals surface area (Å²) >= 11 is 0. The topological polar surface area (TPSA) is 26.3 Å². The Hall–Kier alpha value is -0.790. The molecular formula is C11H18O2. The number of hydrogen-bond donors (Lipinski definition) is 0. The maximum Gasteiger partial charge on any atom is 0.330 e. The molecule has 0 amide bonds. The van der Waals surface area contributed by atoms with Gasteiger partial charge in [0.05, 0.1) is 6.61 Å². The van der Waals surface area contributed by atoms with Crippen molar-refractivity contribution in [3.8, 4) is 0 Å². The van der Waals surface area contributed by atoms with Crippen molar-refractivity contribution in [1.82, 2.24) is 0 Å². The summed E-state index contributed by atoms with van der Waals surface area (Å²) in [4.78, 5) is 11.0. The lowest BCUT2D eigenvalue weighted by Crippen LogP contribution is -2.26. The SMILES string of the molecule is CCOC(=O)C=CC1(CC)CCC1. The molecule has 2 nitrogen and oxygen atoms in total. The van der Waals surface area contributed by atoms with Gasteiger partial charge in [-0.25, -0.2) is 4.79 Å². The molecule has 0 aromatic carbocycles. The molecule has 74 valence electrons. The number of esters is 1. The summed E-state index contributed by atoms with van der Waals surface area (Å²) in [5, 5.41) is 0. The molecule has 0 N–H and O–H groups in total. The van der Waals surface area contributed by atoms with Crippen molar-refractivity contribution in [3.05, 3.63) is 12.2 Å². The van der Waals surface area contributed by atoms with Gasteiger partial charge in [-0.15, -0.1) is 0 Å². The molecule has 13 heavy (non-hydrogen) atoms. The zero-order valence-electron chi connectivity index (χ0n) is 8.51. The van der Waals surface area contributed by atoms with Crippen molar-refractivity contribution < 1.29 is 9.53 Å². The lowest BCUT2D eigenvalue weighted by atomic mass is 9.67. The summed E-state index contributed by atoms with van der Waals surface area (Å²) in [5.41, 5.74) is 0.312. The van der Waals surface area contributed by atoms with Crippen LogP contribution in [0, 0.1) is 5.41 Å². The van der Waals surface area contributed by atoms with Gasteiger partial charge in [0.15, 0.2) is 0 Å². The number of carbonyl (C=O) groups excluding carboxylic acids is 1. The fraction of sp³-hybridized carbons (Fsp3) is 0.727. The van der Waals surface area contributed by atoms with E-state index in [1.165, 1.54) is 19.3 Å². The zero-order valence-corrected chi connectivity index (χ0v) is 8.51. The minimum Gasteiger partial charge on any atom is -0.463 e. The number of rotatable bonds is 4. The van der Waals surface area contributed by atoms with E-state index in [0.717, 1.165) is 6.42 Å². The van der Waals surface area contributed by atoms with Crippen molar-refractivity contribution in [2.75, 3.05) is 6.61 Å². The molecule has 0 radical (unpaired) electrons. The Morgan fingerprint density at radius 1 is 1.46 bits per heavy atom. The molecule has 0 bridgehead atoms. The predicted molar refractivity (Wildman–Crippen MR) is 52.3 cm³/mol. The monoisotopic (exact) mass is 182 g/mol. The van der Waals surface area contributed by atoms with Gasteiger partial charge in [-0.2, -0.15) is 0 Å². The summed E-state index contributed by atoms with van der Waals surface area (Å²) in [6, 6.07) is 0. The van der Waals surface area contributed by atoms with E-state index >= 15 is 0 Å². The standard InChI is InChI=1S/C11H18O2/c1-3-11(7-5-8-11)9-6-10(12)13-4-2/h6,9H,3-5,7-8H2,1-2H3. The van der Waals surface area contributed by atoms with Crippen LogP contribution in [-0.2, 0) is 9.53 Å². The van der Waals surface area contributed by atoms with Crippen LogP contribution in [0.5, 0.6) is 0 Å². The molecule has 1 aliphatic rings. The first-order chi connectivity index (χ1) is 6.22. The third-order valence-electron chi connectivity index (χ3n) is 2.91. The van der Waals surface area contributed by atoms with Crippen LogP contribution in [0.4, 0.5) is 0 Å². The van der Waals surface area contributed by atoms with Gasteiger partial charge in [-0.3, -0.25) is 0 Å². The Morgan fingerprint density at radius 2 is 2.15 bits per heavy atom. The van der Waals surface area contributed by atoms with Gasteiger partial charge in [-0.05, 0) is 31.6 Å². The van der Waals surface area contributed by atoms with E-state index < -0.39 is 0 Å². The Labute approximate surface area is 80.0 Å². The number of ether oxygens (including phenoxy) is 1. The summed E-state index contributed by atoms with van der Waals surface area (Å²) in [5.74, 6) is -0.206. The van der Waals surface area contributed by atoms with Gasteiger partial charge in [0.25, 0.3) is 0 Å². The number of hydrogen-bond acceptors (Lipinski definition) is 2. The molecule has 0 unspecified atom stereocenters. The molecule has 0 aromatic rings. The van der Waals surface area contributed by atoms with E-state index in [9.17, 15) is 4.79 Å². The highest BCUT2D eigenvalue weighted by molar-refractivity contribution is 5.82. The minimum atomic E-state index is -0.206. The summed E-state index contributed by atoms with van der Waals surface area (Å²) in [6.45, 7) is 4.46. The Balaban J connectivity index is 2.41. The predicted octanol–water partition coefficient (Wildman–Crippen LogP) is 2.69. The Kier molecular flexibility index (Phi) is 3.52. The third-order valence-corrected chi connectivity index (χ3v) is 2.91. The maximum atomic E-state index is 11.0. The van der Waals surface area contributed by atoms with Gasteiger partial charge in [-0.1, -0.05) is 19.4 Å². The van der Waals surface area contributed by atoms with Crippen LogP contribution >= 0.6 is 0 Å². The van der Waals surface area contributed by atoms with Crippen LogP contribution in [0.25, 0.3) is 0 Å². The van der Waals surface area contributed by atoms with Crippen LogP contribution < -0.4 is 0 Å². The summed E-state index contributed by atoms with van der Waals surface area (Å²) in [6.07, 6.45) is 8.49. The van der Waals surface area contributed by atoms with Gasteiger partial charge < -0.3 is 4.74 Å². The van der Waals surface area contributed by atoms with E-state index in [1.807, 2.05) is 13.0 Å². The smallest absolute Gasteiger partial charge is 0.330 e. The van der Waals surface area contributed by atoms with E-state index in [-0.39, 0.29) is 5.97 Å². The van der Waals surface area contributed by atoms with Crippen molar-refractivity contribution in [2.45, 2.75) is 39.5 Å². The molecule has 0 atom stereocenters. The first kappa shape index (κ1) is 10.3. The average Bonchev–Trinajstić information content (AvgIpc) is 2.04. The van der Waals surface area contributed by atoms with Crippen LogP contribution in [0.15, 0.2) is 12.2 Å². The van der Waals surface area contributed by atoms with Gasteiger partial charge in [0.1, 0.15) is 0 Å². The molecule has 0 heterocycles. The van der Waals surface area contributed by atoms with Crippen LogP contribution in [0.3, 0.4) is 0 Å². The highest BCUT2D eigenvalue weighted by atomic mass is 16.5. The first-order valence-corrected chi connectivity index (χ1v) is 5.08. The van der Waals surface area contributed by atoms with Crippen molar-refractivity contribution in [2.24, 2.45) is 5.41 Å². The minimum absolute atomic E-state index is 0.206. The van der Waals surface area contributed by atoms with Crippen molar-refractivity contribution in [3.63, 3.8) is 0 Å². The summed E-state index contributed by atoms with van der Waals surface area (Å²) in [7, 11) is 0. The normalized spacial score (nSPS) is 19.8. The van der Waals surface area contributed by atoms with Crippen molar-refractivity contribution in [1.29, 1.82) is 0 Å². The lowest BCUT2D eigenvalue weighted by Gasteiger charge is -2.38. The molecule has 1 saturated carbocycles. The molecule has 1 rings (SSSR count). The molecule has 0 aromatic heterocycles. The second-order valence-corrected chi connectivity index (χ2v) is 3.65. The maximum absolute atomic E-state index is 11.0. The highest BCUT2D eigenvalue weighted by Crippen LogP contribution is 2.44. The quantitative estimate of drug-likeness (QED) is 0.493. The van der Waals surface area contributed by atoms with Crippen LogP contribution in [0.1, 0.15) is 39.5 Å². The average molecular weight is 182 g/mol. The third kappa shape index (κ3) is 2.58. The molecule has 0 spiro atoms. The van der Waals surface area contributed by atoms with Crippen LogP contribution in [-0.4, -0.2) is 12.6 Å². The fourth-order valence-corrected chi connectivity index (χ4v) is 1.70. The molecule has 1 aliphatic carbocycles. The first-order valence-electron chi connectivity index (χ1n) is 5.08. The van der Waals surface area contributed by atoms with E-state index in [4.69, 9.17) is 4.74 Å². The molecule has 2 heteroatoms. The molecule has 0 aliphatic heterocycles. The lowest BCUT2D eigenvalue weighted by molar-refractivity contribution is -0.137. The number of carbonyl (C=O) groups is 1. The summed E-state index contributed by atoms with van der Waals surface area (Å²) < 4.78 is 4.82. The van der Waals surface area contributed by atoms with Crippen molar-refractivity contribution >= 4 is 5.97 Å². The Bertz CT molecular complexity index is 197. The van der Waals surface area contributed by atoms with Crippen LogP contribution in [0.2, 0.25) is 0 Å². The molecular weight excluding hydrogens is 164 g/mol. The van der Waals surface area contributed by atoms with E-state index in [0.29, 0.717) is 12.0 Å². The second kappa shape index (κ2) is 4.45. The van der Waals surface area contributed by atoms with E-state index in [1.54, 1.807) is 6.08 Å². The zero-order chi connectivity index (χ0) is 9.73. The van der Waals surface area contributed by atoms with Gasteiger partial charge >= 0.3 is 5.97 Å². The molecule has 0 saturated heterocycles. The molecule has 1 fully saturated rings. The largest absolute Gasteiger partial charge is 0.463 e. The highest BCUT2D eigenvalue weighted by Gasteiger charge is 2.32. The van der Waals surface area contributed by atoms with Gasteiger partial charge in [0.2, 0.25) is 0 Å². The van der Waals surface area contributed by atoms with Gasteiger partial charge in [0, 0.05) is 6.08 Å². The number of allylic oxidation sites excluding steroid dienone is 1. The Morgan fingerprint density at radius 3 is 2.54 bits per heavy atom.